The minimum absolute atomic E-state index is 0.195. The molecule has 1 aliphatic heterocycles. The summed E-state index contributed by atoms with van der Waals surface area (Å²) < 4.78 is 3.12. The van der Waals surface area contributed by atoms with Crippen LogP contribution in [0.3, 0.4) is 0 Å². The van der Waals surface area contributed by atoms with Gasteiger partial charge < -0.3 is 15.0 Å². The molecule has 0 unspecified atom stereocenters. The van der Waals surface area contributed by atoms with Gasteiger partial charge in [-0.15, -0.1) is 0 Å². The first kappa shape index (κ1) is 14.0. The summed E-state index contributed by atoms with van der Waals surface area (Å²) in [6.45, 7) is 1.93. The number of hydrogen-bond acceptors (Lipinski definition) is 4. The number of nitrogens with one attached hydrogen (secondary N) is 1. The second kappa shape index (κ2) is 6.20. The van der Waals surface area contributed by atoms with Crippen LogP contribution in [0.2, 0.25) is 0 Å². The van der Waals surface area contributed by atoms with Crippen molar-refractivity contribution in [2.45, 2.75) is 44.4 Å². The Hall–Kier alpha value is -0.980. The molecule has 0 aromatic carbocycles. The summed E-state index contributed by atoms with van der Waals surface area (Å²) in [5.74, 6) is 0. The molecular weight excluding hydrogens is 320 g/mol. The number of aliphatic hydroxyl groups is 1. The Kier molecular flexibility index (Phi) is 4.33. The van der Waals surface area contributed by atoms with Gasteiger partial charge in [0.2, 0.25) is 0 Å². The fraction of sp³-hybridized carbons (Fsp3) is 0.571. The van der Waals surface area contributed by atoms with Crippen LogP contribution in [0.1, 0.15) is 25.7 Å². The van der Waals surface area contributed by atoms with Gasteiger partial charge in [0.05, 0.1) is 28.6 Å². The Morgan fingerprint density at radius 1 is 1.45 bits per heavy atom. The molecule has 1 aliphatic rings. The second-order valence-corrected chi connectivity index (χ2v) is 6.19. The summed E-state index contributed by atoms with van der Waals surface area (Å²) in [5.41, 5.74) is 2.01. The van der Waals surface area contributed by atoms with Crippen molar-refractivity contribution in [3.8, 4) is 0 Å². The topological polar surface area (TPSA) is 63.0 Å². The second-order valence-electron chi connectivity index (χ2n) is 5.34. The number of hydrogen-bond donors (Lipinski definition) is 2. The maximum absolute atomic E-state index is 9.94. The number of fused-ring (bicyclic) bond motifs is 1. The van der Waals surface area contributed by atoms with Gasteiger partial charge in [-0.2, -0.15) is 0 Å². The minimum Gasteiger partial charge on any atom is -0.392 e. The first-order valence-corrected chi connectivity index (χ1v) is 7.91. The Labute approximate surface area is 126 Å². The highest BCUT2D eigenvalue weighted by atomic mass is 79.9. The number of imidazole rings is 1. The van der Waals surface area contributed by atoms with Gasteiger partial charge in [0.1, 0.15) is 5.52 Å². The molecule has 0 spiro atoms. The molecule has 3 heterocycles. The summed E-state index contributed by atoms with van der Waals surface area (Å²) in [6, 6.07) is 0.239. The fourth-order valence-corrected chi connectivity index (χ4v) is 3.42. The summed E-state index contributed by atoms with van der Waals surface area (Å²) in [7, 11) is 0. The first-order chi connectivity index (χ1) is 9.75. The SMILES string of the molecule is O[C@H]1CCCN[C@@H]1CCCn1cnc2cncc(Br)c21. The number of aromatic nitrogens is 3. The molecule has 0 radical (unpaired) electrons. The van der Waals surface area contributed by atoms with E-state index in [1.54, 1.807) is 12.4 Å². The monoisotopic (exact) mass is 338 g/mol. The number of nitrogens with zero attached hydrogens (tertiary/aromatic N) is 3. The number of aliphatic hydroxyl groups excluding tert-OH is 1. The zero-order chi connectivity index (χ0) is 13.9. The van der Waals surface area contributed by atoms with Crippen molar-refractivity contribution in [2.75, 3.05) is 6.54 Å². The summed E-state index contributed by atoms with van der Waals surface area (Å²) in [4.78, 5) is 8.49. The molecule has 5 nitrogen and oxygen atoms in total. The zero-order valence-electron chi connectivity index (χ0n) is 11.3. The van der Waals surface area contributed by atoms with Crippen LogP contribution in [-0.4, -0.2) is 38.3 Å². The maximum Gasteiger partial charge on any atom is 0.108 e. The van der Waals surface area contributed by atoms with Gasteiger partial charge in [-0.05, 0) is 48.2 Å². The summed E-state index contributed by atoms with van der Waals surface area (Å²) in [5, 5.41) is 13.3. The molecule has 2 atom stereocenters. The molecule has 1 fully saturated rings. The molecule has 20 heavy (non-hydrogen) atoms. The normalized spacial score (nSPS) is 23.3. The van der Waals surface area contributed by atoms with E-state index in [0.717, 1.165) is 54.3 Å². The van der Waals surface area contributed by atoms with E-state index in [2.05, 4.69) is 35.8 Å². The third-order valence-electron chi connectivity index (χ3n) is 3.94. The molecule has 2 N–H and O–H groups in total. The molecule has 6 heteroatoms. The fourth-order valence-electron chi connectivity index (χ4n) is 2.87. The van der Waals surface area contributed by atoms with Gasteiger partial charge in [-0.3, -0.25) is 4.98 Å². The van der Waals surface area contributed by atoms with E-state index < -0.39 is 0 Å². The van der Waals surface area contributed by atoms with Gasteiger partial charge in [-0.25, -0.2) is 4.98 Å². The van der Waals surface area contributed by atoms with Gasteiger partial charge in [-0.1, -0.05) is 0 Å². The first-order valence-electron chi connectivity index (χ1n) is 7.11. The van der Waals surface area contributed by atoms with Gasteiger partial charge >= 0.3 is 0 Å². The van der Waals surface area contributed by atoms with Crippen LogP contribution in [0.5, 0.6) is 0 Å². The molecule has 2 aromatic heterocycles. The molecule has 0 aliphatic carbocycles. The Morgan fingerprint density at radius 2 is 2.35 bits per heavy atom. The van der Waals surface area contributed by atoms with Crippen LogP contribution in [0.15, 0.2) is 23.2 Å². The van der Waals surface area contributed by atoms with E-state index in [1.807, 2.05) is 6.33 Å². The lowest BCUT2D eigenvalue weighted by molar-refractivity contribution is 0.0909. The average molecular weight is 339 g/mol. The zero-order valence-corrected chi connectivity index (χ0v) is 12.9. The van der Waals surface area contributed by atoms with Crippen molar-refractivity contribution in [1.82, 2.24) is 19.9 Å². The van der Waals surface area contributed by atoms with Crippen molar-refractivity contribution in [2.24, 2.45) is 0 Å². The largest absolute Gasteiger partial charge is 0.392 e. The van der Waals surface area contributed by atoms with Gasteiger partial charge in [0.15, 0.2) is 0 Å². The van der Waals surface area contributed by atoms with E-state index in [4.69, 9.17) is 0 Å². The maximum atomic E-state index is 9.94. The lowest BCUT2D eigenvalue weighted by Gasteiger charge is -2.29. The third-order valence-corrected chi connectivity index (χ3v) is 4.52. The van der Waals surface area contributed by atoms with Gasteiger partial charge in [0, 0.05) is 18.8 Å². The minimum atomic E-state index is -0.195. The van der Waals surface area contributed by atoms with Crippen LogP contribution in [-0.2, 0) is 6.54 Å². The van der Waals surface area contributed by atoms with Crippen molar-refractivity contribution in [1.29, 1.82) is 0 Å². The van der Waals surface area contributed by atoms with E-state index in [1.165, 1.54) is 0 Å². The predicted molar refractivity (Wildman–Crippen MR) is 81.5 cm³/mol. The molecule has 0 amide bonds. The lowest BCUT2D eigenvalue weighted by Crippen LogP contribution is -2.44. The molecule has 3 rings (SSSR count). The van der Waals surface area contributed by atoms with Crippen molar-refractivity contribution in [3.05, 3.63) is 23.2 Å². The molecule has 0 bridgehead atoms. The number of piperidine rings is 1. The number of pyridine rings is 1. The van der Waals surface area contributed by atoms with Crippen LogP contribution >= 0.6 is 15.9 Å². The highest BCUT2D eigenvalue weighted by molar-refractivity contribution is 9.10. The average Bonchev–Trinajstić information content (AvgIpc) is 2.86. The van der Waals surface area contributed by atoms with Crippen LogP contribution < -0.4 is 5.32 Å². The molecule has 0 saturated carbocycles. The quantitative estimate of drug-likeness (QED) is 0.895. The highest BCUT2D eigenvalue weighted by Gasteiger charge is 2.21. The van der Waals surface area contributed by atoms with E-state index in [-0.39, 0.29) is 12.1 Å². The molecule has 2 aromatic rings. The van der Waals surface area contributed by atoms with Crippen molar-refractivity contribution in [3.63, 3.8) is 0 Å². The number of halogens is 1. The number of aryl methyl sites for hydroxylation is 1. The predicted octanol–water partition coefficient (Wildman–Crippen LogP) is 2.09. The van der Waals surface area contributed by atoms with Crippen molar-refractivity contribution < 1.29 is 5.11 Å². The Morgan fingerprint density at radius 3 is 3.20 bits per heavy atom. The highest BCUT2D eigenvalue weighted by Crippen LogP contribution is 2.22. The van der Waals surface area contributed by atoms with E-state index >= 15 is 0 Å². The lowest BCUT2D eigenvalue weighted by atomic mass is 9.97. The smallest absolute Gasteiger partial charge is 0.108 e. The molecular formula is C14H19BrN4O. The Balaban J connectivity index is 1.62. The summed E-state index contributed by atoms with van der Waals surface area (Å²) in [6.07, 6.45) is 9.25. The van der Waals surface area contributed by atoms with Gasteiger partial charge in [0.25, 0.3) is 0 Å². The third kappa shape index (κ3) is 2.87. The molecule has 1 saturated heterocycles. The van der Waals surface area contributed by atoms with Crippen LogP contribution in [0, 0.1) is 0 Å². The molecule has 108 valence electrons. The van der Waals surface area contributed by atoms with Crippen molar-refractivity contribution >= 4 is 27.0 Å². The number of rotatable bonds is 4. The van der Waals surface area contributed by atoms with E-state index in [9.17, 15) is 5.11 Å². The Bertz CT molecular complexity index is 586. The van der Waals surface area contributed by atoms with Crippen LogP contribution in [0.25, 0.3) is 11.0 Å². The van der Waals surface area contributed by atoms with E-state index in [0.29, 0.717) is 0 Å². The van der Waals surface area contributed by atoms with Crippen LogP contribution in [0.4, 0.5) is 0 Å². The summed E-state index contributed by atoms with van der Waals surface area (Å²) >= 11 is 3.53. The standard InChI is InChI=1S/C14H19BrN4O/c15-10-7-16-8-12-14(10)19(9-18-12)6-2-3-11-13(20)4-1-5-17-11/h7-9,11,13,17,20H,1-6H2/t11-,13+/m1/s1.